The molecule has 0 bridgehead atoms. The molecule has 1 amide bonds. The van der Waals surface area contributed by atoms with Crippen molar-refractivity contribution in [2.75, 3.05) is 12.0 Å². The maximum absolute atomic E-state index is 12.6. The van der Waals surface area contributed by atoms with E-state index in [1.807, 2.05) is 30.3 Å². The number of amides is 1. The van der Waals surface area contributed by atoms with Crippen molar-refractivity contribution in [3.63, 3.8) is 0 Å². The number of halogens is 1. The van der Waals surface area contributed by atoms with E-state index in [1.165, 1.54) is 0 Å². The number of benzene rings is 2. The third-order valence-corrected chi connectivity index (χ3v) is 5.30. The number of nitrogens with zero attached hydrogens (tertiary/aromatic N) is 1. The summed E-state index contributed by atoms with van der Waals surface area (Å²) in [5, 5.41) is 0. The summed E-state index contributed by atoms with van der Waals surface area (Å²) in [6, 6.07) is 13.4. The molecule has 3 rings (SSSR count). The van der Waals surface area contributed by atoms with Gasteiger partial charge in [-0.2, -0.15) is 0 Å². The van der Waals surface area contributed by atoms with Gasteiger partial charge in [0.2, 0.25) is 5.91 Å². The van der Waals surface area contributed by atoms with E-state index in [4.69, 9.17) is 4.74 Å². The molecule has 0 fully saturated rings. The number of hydrogen-bond donors (Lipinski definition) is 0. The van der Waals surface area contributed by atoms with Crippen LogP contribution in [0.15, 0.2) is 42.5 Å². The summed E-state index contributed by atoms with van der Waals surface area (Å²) in [5.41, 5.74) is 3.26. The molecule has 1 unspecified atom stereocenters. The van der Waals surface area contributed by atoms with Crippen LogP contribution in [0, 0.1) is 0 Å². The molecular formula is C18H16INO3. The molecule has 0 aliphatic carbocycles. The van der Waals surface area contributed by atoms with Gasteiger partial charge in [-0.25, -0.2) is 0 Å². The Kier molecular flexibility index (Phi) is 4.66. The third-order valence-electron chi connectivity index (χ3n) is 4.03. The lowest BCUT2D eigenvalue weighted by Crippen LogP contribution is -2.36. The van der Waals surface area contributed by atoms with Crippen molar-refractivity contribution in [3.05, 3.63) is 59.2 Å². The Morgan fingerprint density at radius 2 is 1.91 bits per heavy atom. The SMILES string of the molecule is COc1ccc(C=O)c2c1N(C(I)c1ccccc1)C(=O)CC2. The molecule has 2 aromatic carbocycles. The number of aldehydes is 1. The minimum Gasteiger partial charge on any atom is -0.495 e. The zero-order valence-corrected chi connectivity index (χ0v) is 14.8. The van der Waals surface area contributed by atoms with Gasteiger partial charge in [0.1, 0.15) is 16.1 Å². The van der Waals surface area contributed by atoms with Crippen molar-refractivity contribution >= 4 is 40.5 Å². The molecule has 1 aliphatic heterocycles. The summed E-state index contributed by atoms with van der Waals surface area (Å²) in [4.78, 5) is 25.7. The first-order valence-electron chi connectivity index (χ1n) is 7.33. The van der Waals surface area contributed by atoms with E-state index < -0.39 is 0 Å². The van der Waals surface area contributed by atoms with Crippen LogP contribution in [0.5, 0.6) is 5.75 Å². The number of hydrogen-bond acceptors (Lipinski definition) is 3. The largest absolute Gasteiger partial charge is 0.495 e. The number of rotatable bonds is 4. The minimum atomic E-state index is -0.156. The smallest absolute Gasteiger partial charge is 0.228 e. The van der Waals surface area contributed by atoms with E-state index in [0.717, 1.165) is 23.1 Å². The van der Waals surface area contributed by atoms with Gasteiger partial charge >= 0.3 is 0 Å². The molecule has 1 heterocycles. The molecule has 0 saturated heterocycles. The highest BCUT2D eigenvalue weighted by Gasteiger charge is 2.33. The van der Waals surface area contributed by atoms with Gasteiger partial charge in [0.25, 0.3) is 0 Å². The zero-order chi connectivity index (χ0) is 16.4. The molecule has 23 heavy (non-hydrogen) atoms. The van der Waals surface area contributed by atoms with Crippen LogP contribution in [0.25, 0.3) is 0 Å². The molecule has 0 saturated carbocycles. The highest BCUT2D eigenvalue weighted by Crippen LogP contribution is 2.44. The van der Waals surface area contributed by atoms with Gasteiger partial charge in [-0.1, -0.05) is 52.9 Å². The van der Waals surface area contributed by atoms with Crippen molar-refractivity contribution in [3.8, 4) is 5.75 Å². The third kappa shape index (κ3) is 2.85. The second kappa shape index (κ2) is 6.70. The van der Waals surface area contributed by atoms with Gasteiger partial charge in [-0.05, 0) is 29.7 Å². The number of carbonyl (C=O) groups excluding carboxylic acids is 2. The van der Waals surface area contributed by atoms with Crippen molar-refractivity contribution in [1.82, 2.24) is 0 Å². The Bertz CT molecular complexity index is 745. The number of alkyl halides is 1. The summed E-state index contributed by atoms with van der Waals surface area (Å²) in [6.45, 7) is 0. The molecule has 4 nitrogen and oxygen atoms in total. The number of fused-ring (bicyclic) bond motifs is 1. The van der Waals surface area contributed by atoms with Crippen LogP contribution in [0.1, 0.15) is 32.0 Å². The first-order chi connectivity index (χ1) is 11.2. The van der Waals surface area contributed by atoms with Gasteiger partial charge < -0.3 is 4.74 Å². The maximum atomic E-state index is 12.6. The lowest BCUT2D eigenvalue weighted by molar-refractivity contribution is -0.119. The van der Waals surface area contributed by atoms with E-state index in [1.54, 1.807) is 24.1 Å². The minimum absolute atomic E-state index is 0.0436. The average molecular weight is 421 g/mol. The summed E-state index contributed by atoms with van der Waals surface area (Å²) < 4.78 is 5.31. The van der Waals surface area contributed by atoms with Crippen LogP contribution in [-0.4, -0.2) is 19.3 Å². The first-order valence-corrected chi connectivity index (χ1v) is 8.58. The van der Waals surface area contributed by atoms with Crippen LogP contribution in [0.4, 0.5) is 5.69 Å². The predicted octanol–water partition coefficient (Wildman–Crippen LogP) is 3.92. The molecule has 1 atom stereocenters. The van der Waals surface area contributed by atoms with Gasteiger partial charge in [-0.15, -0.1) is 0 Å². The Morgan fingerprint density at radius 1 is 1.17 bits per heavy atom. The van der Waals surface area contributed by atoms with E-state index in [-0.39, 0.29) is 9.96 Å². The van der Waals surface area contributed by atoms with Crippen LogP contribution >= 0.6 is 22.6 Å². The maximum Gasteiger partial charge on any atom is 0.228 e. The summed E-state index contributed by atoms with van der Waals surface area (Å²) in [7, 11) is 1.58. The van der Waals surface area contributed by atoms with Crippen molar-refractivity contribution in [2.45, 2.75) is 16.9 Å². The topological polar surface area (TPSA) is 46.6 Å². The number of anilines is 1. The van der Waals surface area contributed by atoms with Crippen LogP contribution in [0.3, 0.4) is 0 Å². The highest BCUT2D eigenvalue weighted by molar-refractivity contribution is 14.1. The Morgan fingerprint density at radius 3 is 2.57 bits per heavy atom. The Hall–Kier alpha value is -1.89. The molecule has 0 radical (unpaired) electrons. The number of carbonyl (C=O) groups is 2. The lowest BCUT2D eigenvalue weighted by Gasteiger charge is -2.35. The zero-order valence-electron chi connectivity index (χ0n) is 12.7. The summed E-state index contributed by atoms with van der Waals surface area (Å²) >= 11 is 2.26. The lowest BCUT2D eigenvalue weighted by atomic mass is 9.95. The van der Waals surface area contributed by atoms with Gasteiger partial charge in [0, 0.05) is 12.0 Å². The molecule has 0 N–H and O–H groups in total. The van der Waals surface area contributed by atoms with Crippen molar-refractivity contribution in [2.24, 2.45) is 0 Å². The summed E-state index contributed by atoms with van der Waals surface area (Å²) in [6.07, 6.45) is 1.80. The fraction of sp³-hybridized carbons (Fsp3) is 0.222. The normalized spacial score (nSPS) is 15.0. The number of ether oxygens (including phenoxy) is 1. The molecule has 1 aliphatic rings. The Balaban J connectivity index is 2.16. The highest BCUT2D eigenvalue weighted by atomic mass is 127. The van der Waals surface area contributed by atoms with Crippen molar-refractivity contribution < 1.29 is 14.3 Å². The van der Waals surface area contributed by atoms with Gasteiger partial charge in [0.15, 0.2) is 0 Å². The molecule has 5 heteroatoms. The first kappa shape index (κ1) is 16.0. The van der Waals surface area contributed by atoms with E-state index in [9.17, 15) is 9.59 Å². The quantitative estimate of drug-likeness (QED) is 0.326. The van der Waals surface area contributed by atoms with Crippen molar-refractivity contribution in [1.29, 1.82) is 0 Å². The van der Waals surface area contributed by atoms with Crippen LogP contribution in [-0.2, 0) is 11.2 Å². The Labute approximate surface area is 148 Å². The average Bonchev–Trinajstić information content (AvgIpc) is 2.60. The molecular weight excluding hydrogens is 405 g/mol. The predicted molar refractivity (Wildman–Crippen MR) is 97.4 cm³/mol. The van der Waals surface area contributed by atoms with E-state index in [0.29, 0.717) is 24.2 Å². The van der Waals surface area contributed by atoms with Gasteiger partial charge in [-0.3, -0.25) is 14.5 Å². The van der Waals surface area contributed by atoms with Crippen LogP contribution < -0.4 is 9.64 Å². The molecule has 0 spiro atoms. The second-order valence-electron chi connectivity index (χ2n) is 5.31. The van der Waals surface area contributed by atoms with Gasteiger partial charge in [0.05, 0.1) is 12.8 Å². The van der Waals surface area contributed by atoms with E-state index in [2.05, 4.69) is 22.6 Å². The standard InChI is InChI=1S/C18H16INO3/c1-23-15-9-7-13(11-21)14-8-10-16(22)20(17(14)15)18(19)12-5-3-2-4-6-12/h2-7,9,11,18H,8,10H2,1H3. The molecule has 2 aromatic rings. The number of methoxy groups -OCH3 is 1. The summed E-state index contributed by atoms with van der Waals surface area (Å²) in [5.74, 6) is 0.665. The second-order valence-corrected chi connectivity index (χ2v) is 6.49. The molecule has 0 aromatic heterocycles. The van der Waals surface area contributed by atoms with Crippen LogP contribution in [0.2, 0.25) is 0 Å². The van der Waals surface area contributed by atoms with E-state index >= 15 is 0 Å². The fourth-order valence-electron chi connectivity index (χ4n) is 2.91. The monoisotopic (exact) mass is 421 g/mol. The molecule has 118 valence electrons. The fourth-order valence-corrected chi connectivity index (χ4v) is 3.91.